The topological polar surface area (TPSA) is 98.3 Å². The highest BCUT2D eigenvalue weighted by Gasteiger charge is 2.31. The number of aliphatic hydroxyl groups is 1. The van der Waals surface area contributed by atoms with Gasteiger partial charge in [0.1, 0.15) is 0 Å². The van der Waals surface area contributed by atoms with Gasteiger partial charge in [0.15, 0.2) is 0 Å². The summed E-state index contributed by atoms with van der Waals surface area (Å²) in [6.45, 7) is 0.296. The van der Waals surface area contributed by atoms with E-state index < -0.39 is 10.2 Å². The van der Waals surface area contributed by atoms with Gasteiger partial charge in [-0.25, -0.2) is 0 Å². The summed E-state index contributed by atoms with van der Waals surface area (Å²) in [4.78, 5) is 0. The van der Waals surface area contributed by atoms with Gasteiger partial charge in [-0.15, -0.1) is 0 Å². The van der Waals surface area contributed by atoms with E-state index in [1.54, 1.807) is 0 Å². The number of H-pyrrole nitrogens is 1. The summed E-state index contributed by atoms with van der Waals surface area (Å²) in [6, 6.07) is -0.326. The summed E-state index contributed by atoms with van der Waals surface area (Å²) in [6.07, 6.45) is 5.33. The highest BCUT2D eigenvalue weighted by Crippen LogP contribution is 2.21. The van der Waals surface area contributed by atoms with Crippen LogP contribution in [0.25, 0.3) is 0 Å². The third kappa shape index (κ3) is 2.76. The SMILES string of the molecule is O=S(=O)(Nc1cn[nH]c1)N1CCCCC1CO. The minimum atomic E-state index is -3.60. The van der Waals surface area contributed by atoms with Gasteiger partial charge in [-0.1, -0.05) is 6.42 Å². The Morgan fingerprint density at radius 2 is 2.41 bits per heavy atom. The minimum Gasteiger partial charge on any atom is -0.395 e. The van der Waals surface area contributed by atoms with E-state index in [2.05, 4.69) is 14.9 Å². The summed E-state index contributed by atoms with van der Waals surface area (Å²) in [5.41, 5.74) is 0.396. The molecule has 1 aliphatic heterocycles. The molecule has 1 aromatic heterocycles. The van der Waals surface area contributed by atoms with Crippen LogP contribution in [-0.4, -0.2) is 47.2 Å². The molecule has 1 unspecified atom stereocenters. The number of rotatable bonds is 4. The van der Waals surface area contributed by atoms with Crippen molar-refractivity contribution in [3.05, 3.63) is 12.4 Å². The molecule has 0 saturated carbocycles. The van der Waals surface area contributed by atoms with E-state index in [-0.39, 0.29) is 12.6 Å². The van der Waals surface area contributed by atoms with E-state index in [1.807, 2.05) is 0 Å². The molecule has 0 amide bonds. The van der Waals surface area contributed by atoms with E-state index >= 15 is 0 Å². The normalized spacial score (nSPS) is 22.5. The first-order chi connectivity index (χ1) is 8.13. The smallest absolute Gasteiger partial charge is 0.302 e. The largest absolute Gasteiger partial charge is 0.395 e. The highest BCUT2D eigenvalue weighted by atomic mass is 32.2. The summed E-state index contributed by atoms with van der Waals surface area (Å²) < 4.78 is 27.9. The van der Waals surface area contributed by atoms with Crippen molar-refractivity contribution in [3.8, 4) is 0 Å². The van der Waals surface area contributed by atoms with E-state index in [0.29, 0.717) is 18.7 Å². The number of hydrogen-bond donors (Lipinski definition) is 3. The molecule has 0 radical (unpaired) electrons. The van der Waals surface area contributed by atoms with Gasteiger partial charge in [0.2, 0.25) is 0 Å². The Balaban J connectivity index is 2.13. The van der Waals surface area contributed by atoms with Gasteiger partial charge >= 0.3 is 10.2 Å². The average molecular weight is 260 g/mol. The van der Waals surface area contributed by atoms with Crippen molar-refractivity contribution in [2.75, 3.05) is 17.9 Å². The summed E-state index contributed by atoms with van der Waals surface area (Å²) in [5, 5.41) is 15.4. The van der Waals surface area contributed by atoms with Crippen molar-refractivity contribution in [2.24, 2.45) is 0 Å². The first-order valence-corrected chi connectivity index (χ1v) is 6.97. The molecule has 2 rings (SSSR count). The monoisotopic (exact) mass is 260 g/mol. The Labute approximate surface area is 100 Å². The number of aliphatic hydroxyl groups excluding tert-OH is 1. The lowest BCUT2D eigenvalue weighted by Gasteiger charge is -2.33. The van der Waals surface area contributed by atoms with Gasteiger partial charge in [0.25, 0.3) is 0 Å². The van der Waals surface area contributed by atoms with Crippen molar-refractivity contribution < 1.29 is 13.5 Å². The second-order valence-corrected chi connectivity index (χ2v) is 5.66. The van der Waals surface area contributed by atoms with Crippen LogP contribution in [-0.2, 0) is 10.2 Å². The number of piperidine rings is 1. The Kier molecular flexibility index (Phi) is 3.65. The van der Waals surface area contributed by atoms with Gasteiger partial charge in [-0.3, -0.25) is 9.82 Å². The fourth-order valence-electron chi connectivity index (χ4n) is 1.99. The summed E-state index contributed by atoms with van der Waals surface area (Å²) in [5.74, 6) is 0. The zero-order valence-electron chi connectivity index (χ0n) is 9.33. The quantitative estimate of drug-likeness (QED) is 0.704. The summed E-state index contributed by atoms with van der Waals surface area (Å²) >= 11 is 0. The molecule has 1 atom stereocenters. The third-order valence-corrected chi connectivity index (χ3v) is 4.43. The Morgan fingerprint density at radius 1 is 1.59 bits per heavy atom. The van der Waals surface area contributed by atoms with Crippen LogP contribution < -0.4 is 4.72 Å². The van der Waals surface area contributed by atoms with Crippen LogP contribution in [0.15, 0.2) is 12.4 Å². The maximum Gasteiger partial charge on any atom is 0.302 e. The fourth-order valence-corrected chi connectivity index (χ4v) is 3.45. The first kappa shape index (κ1) is 12.3. The maximum absolute atomic E-state index is 12.1. The van der Waals surface area contributed by atoms with Crippen LogP contribution in [0.4, 0.5) is 5.69 Å². The van der Waals surface area contributed by atoms with Crippen LogP contribution in [0.5, 0.6) is 0 Å². The molecule has 17 heavy (non-hydrogen) atoms. The third-order valence-electron chi connectivity index (χ3n) is 2.84. The van der Waals surface area contributed by atoms with Crippen molar-refractivity contribution in [2.45, 2.75) is 25.3 Å². The molecular weight excluding hydrogens is 244 g/mol. The second-order valence-electron chi connectivity index (χ2n) is 4.04. The van der Waals surface area contributed by atoms with E-state index in [4.69, 9.17) is 0 Å². The molecule has 1 fully saturated rings. The molecule has 0 spiro atoms. The van der Waals surface area contributed by atoms with Gasteiger partial charge in [0.05, 0.1) is 18.5 Å². The Morgan fingerprint density at radius 3 is 3.06 bits per heavy atom. The molecule has 1 aliphatic rings. The van der Waals surface area contributed by atoms with Crippen molar-refractivity contribution in [1.29, 1.82) is 0 Å². The number of nitrogens with zero attached hydrogens (tertiary/aromatic N) is 2. The predicted octanol–water partition coefficient (Wildman–Crippen LogP) is -0.0868. The Bertz CT molecular complexity index is 445. The van der Waals surface area contributed by atoms with Crippen LogP contribution in [0.1, 0.15) is 19.3 Å². The Hall–Kier alpha value is -1.12. The van der Waals surface area contributed by atoms with E-state index in [9.17, 15) is 13.5 Å². The van der Waals surface area contributed by atoms with Gasteiger partial charge < -0.3 is 5.11 Å². The zero-order chi connectivity index (χ0) is 12.3. The van der Waals surface area contributed by atoms with Crippen molar-refractivity contribution in [3.63, 3.8) is 0 Å². The second kappa shape index (κ2) is 5.03. The lowest BCUT2D eigenvalue weighted by molar-refractivity contribution is 0.156. The van der Waals surface area contributed by atoms with Crippen LogP contribution >= 0.6 is 0 Å². The molecule has 0 bridgehead atoms. The number of aromatic nitrogens is 2. The molecule has 0 aliphatic carbocycles. The van der Waals surface area contributed by atoms with Gasteiger partial charge in [0, 0.05) is 18.8 Å². The predicted molar refractivity (Wildman–Crippen MR) is 62.6 cm³/mol. The molecule has 1 aromatic rings. The number of anilines is 1. The van der Waals surface area contributed by atoms with E-state index in [0.717, 1.165) is 12.8 Å². The standard InChI is InChI=1S/C9H16N4O3S/c14-7-9-3-1-2-4-13(9)17(15,16)12-8-5-10-11-6-8/h5-6,9,12,14H,1-4,7H2,(H,10,11). The number of hydrogen-bond acceptors (Lipinski definition) is 4. The molecule has 3 N–H and O–H groups in total. The van der Waals surface area contributed by atoms with Crippen molar-refractivity contribution in [1.82, 2.24) is 14.5 Å². The molecule has 8 heteroatoms. The summed E-state index contributed by atoms with van der Waals surface area (Å²) in [7, 11) is -3.60. The van der Waals surface area contributed by atoms with Crippen LogP contribution in [0.2, 0.25) is 0 Å². The van der Waals surface area contributed by atoms with Crippen LogP contribution in [0, 0.1) is 0 Å². The number of aromatic amines is 1. The zero-order valence-corrected chi connectivity index (χ0v) is 10.2. The lowest BCUT2D eigenvalue weighted by atomic mass is 10.1. The van der Waals surface area contributed by atoms with Gasteiger partial charge in [-0.2, -0.15) is 17.8 Å². The molecule has 96 valence electrons. The van der Waals surface area contributed by atoms with Crippen LogP contribution in [0.3, 0.4) is 0 Å². The lowest BCUT2D eigenvalue weighted by Crippen LogP contribution is -2.47. The molecule has 2 heterocycles. The molecule has 7 nitrogen and oxygen atoms in total. The molecular formula is C9H16N4O3S. The maximum atomic E-state index is 12.1. The minimum absolute atomic E-state index is 0.147. The van der Waals surface area contributed by atoms with E-state index in [1.165, 1.54) is 16.7 Å². The highest BCUT2D eigenvalue weighted by molar-refractivity contribution is 7.90. The van der Waals surface area contributed by atoms with Gasteiger partial charge in [-0.05, 0) is 12.8 Å². The first-order valence-electron chi connectivity index (χ1n) is 5.53. The molecule has 0 aromatic carbocycles. The van der Waals surface area contributed by atoms with Crippen molar-refractivity contribution >= 4 is 15.9 Å². The number of nitrogens with one attached hydrogen (secondary N) is 2. The fraction of sp³-hybridized carbons (Fsp3) is 0.667. The molecule has 1 saturated heterocycles. The average Bonchev–Trinajstić information content (AvgIpc) is 2.81.